The number of ether oxygens (including phenoxy) is 1. The van der Waals surface area contributed by atoms with E-state index in [1.54, 1.807) is 7.11 Å². The van der Waals surface area contributed by atoms with Crippen LogP contribution in [0.4, 0.5) is 10.1 Å². The molecular formula is C23H22ClFN2O3. The summed E-state index contributed by atoms with van der Waals surface area (Å²) in [6.07, 6.45) is 0.172. The Morgan fingerprint density at radius 1 is 1.13 bits per heavy atom. The SMILES string of the molecule is COc1ccc(-c2cc(C(C)=O)c(C)n2CCC(=O)Nc2ccc(F)c(Cl)c2)cc1. The predicted octanol–water partition coefficient (Wildman–Crippen LogP) is 5.50. The minimum atomic E-state index is -0.543. The van der Waals surface area contributed by atoms with Crippen LogP contribution in [0.5, 0.6) is 5.75 Å². The first-order chi connectivity index (χ1) is 14.3. The van der Waals surface area contributed by atoms with Crippen molar-refractivity contribution in [3.63, 3.8) is 0 Å². The molecular weight excluding hydrogens is 407 g/mol. The average molecular weight is 429 g/mol. The van der Waals surface area contributed by atoms with E-state index in [0.717, 1.165) is 22.7 Å². The molecule has 5 nitrogen and oxygen atoms in total. The summed E-state index contributed by atoms with van der Waals surface area (Å²) < 4.78 is 20.4. The number of rotatable bonds is 7. The second-order valence-corrected chi connectivity index (χ2v) is 7.30. The number of hydrogen-bond acceptors (Lipinski definition) is 3. The lowest BCUT2D eigenvalue weighted by molar-refractivity contribution is -0.116. The zero-order valence-electron chi connectivity index (χ0n) is 17.0. The van der Waals surface area contributed by atoms with Crippen molar-refractivity contribution in [3.05, 3.63) is 70.6 Å². The number of nitrogens with one attached hydrogen (secondary N) is 1. The van der Waals surface area contributed by atoms with Crippen LogP contribution in [0.15, 0.2) is 48.5 Å². The molecule has 0 atom stereocenters. The van der Waals surface area contributed by atoms with E-state index >= 15 is 0 Å². The number of halogens is 2. The molecule has 0 fully saturated rings. The Kier molecular flexibility index (Phi) is 6.57. The quantitative estimate of drug-likeness (QED) is 0.506. The molecule has 0 aliphatic rings. The molecule has 0 saturated heterocycles. The molecule has 0 aliphatic heterocycles. The van der Waals surface area contributed by atoms with Crippen LogP contribution >= 0.6 is 11.6 Å². The molecule has 2 aromatic carbocycles. The summed E-state index contributed by atoms with van der Waals surface area (Å²) in [4.78, 5) is 24.5. The number of anilines is 1. The smallest absolute Gasteiger partial charge is 0.226 e. The number of benzene rings is 2. The van der Waals surface area contributed by atoms with Crippen LogP contribution in [0, 0.1) is 12.7 Å². The third-order valence-corrected chi connectivity index (χ3v) is 5.19. The van der Waals surface area contributed by atoms with E-state index in [2.05, 4.69) is 5.32 Å². The van der Waals surface area contributed by atoms with Crippen molar-refractivity contribution in [2.75, 3.05) is 12.4 Å². The van der Waals surface area contributed by atoms with Gasteiger partial charge in [0.25, 0.3) is 0 Å². The van der Waals surface area contributed by atoms with Crippen LogP contribution in [0.3, 0.4) is 0 Å². The van der Waals surface area contributed by atoms with Gasteiger partial charge in [0, 0.05) is 35.6 Å². The molecule has 7 heteroatoms. The average Bonchev–Trinajstić information content (AvgIpc) is 3.06. The van der Waals surface area contributed by atoms with Crippen molar-refractivity contribution in [1.82, 2.24) is 4.57 Å². The monoisotopic (exact) mass is 428 g/mol. The standard InChI is InChI=1S/C23H22ClFN2O3/c1-14-19(15(2)28)13-22(16-4-7-18(30-3)8-5-16)27(14)11-10-23(29)26-17-6-9-21(25)20(24)12-17/h4-9,12-13H,10-11H2,1-3H3,(H,26,29). The van der Waals surface area contributed by atoms with Gasteiger partial charge in [-0.1, -0.05) is 11.6 Å². The third-order valence-electron chi connectivity index (χ3n) is 4.90. The van der Waals surface area contributed by atoms with Crippen molar-refractivity contribution in [1.29, 1.82) is 0 Å². The molecule has 1 N–H and O–H groups in total. The maximum atomic E-state index is 13.3. The number of Topliss-reactive ketones (excluding diaryl/α,β-unsaturated/α-hetero) is 1. The third kappa shape index (κ3) is 4.71. The second-order valence-electron chi connectivity index (χ2n) is 6.89. The Hall–Kier alpha value is -3.12. The van der Waals surface area contributed by atoms with E-state index in [9.17, 15) is 14.0 Å². The number of ketones is 1. The molecule has 0 spiro atoms. The van der Waals surface area contributed by atoms with Crippen LogP contribution in [-0.2, 0) is 11.3 Å². The molecule has 3 rings (SSSR count). The maximum Gasteiger partial charge on any atom is 0.226 e. The summed E-state index contributed by atoms with van der Waals surface area (Å²) in [6.45, 7) is 3.76. The topological polar surface area (TPSA) is 60.3 Å². The molecule has 0 saturated carbocycles. The Morgan fingerprint density at radius 3 is 2.43 bits per heavy atom. The van der Waals surface area contributed by atoms with Gasteiger partial charge in [-0.15, -0.1) is 0 Å². The predicted molar refractivity (Wildman–Crippen MR) is 116 cm³/mol. The first-order valence-corrected chi connectivity index (χ1v) is 9.78. The summed E-state index contributed by atoms with van der Waals surface area (Å²) in [6, 6.07) is 13.4. The number of hydrogen-bond donors (Lipinski definition) is 1. The fourth-order valence-corrected chi connectivity index (χ4v) is 3.48. The lowest BCUT2D eigenvalue weighted by Crippen LogP contribution is -2.15. The molecule has 156 valence electrons. The Balaban J connectivity index is 1.82. The second kappa shape index (κ2) is 9.13. The van der Waals surface area contributed by atoms with Crippen LogP contribution in [0.1, 0.15) is 29.4 Å². The van der Waals surface area contributed by atoms with Crippen LogP contribution in [-0.4, -0.2) is 23.4 Å². The van der Waals surface area contributed by atoms with Crippen LogP contribution in [0.25, 0.3) is 11.3 Å². The van der Waals surface area contributed by atoms with Gasteiger partial charge < -0.3 is 14.6 Å². The van der Waals surface area contributed by atoms with E-state index < -0.39 is 5.82 Å². The molecule has 0 bridgehead atoms. The van der Waals surface area contributed by atoms with E-state index in [1.807, 2.05) is 41.8 Å². The number of nitrogens with zero attached hydrogens (tertiary/aromatic N) is 1. The fourth-order valence-electron chi connectivity index (χ4n) is 3.30. The van der Waals surface area contributed by atoms with Crippen LogP contribution < -0.4 is 10.1 Å². The van der Waals surface area contributed by atoms with E-state index in [-0.39, 0.29) is 23.1 Å². The lowest BCUT2D eigenvalue weighted by Gasteiger charge is -2.13. The zero-order valence-corrected chi connectivity index (χ0v) is 17.7. The number of carbonyl (C=O) groups excluding carboxylic acids is 2. The highest BCUT2D eigenvalue weighted by molar-refractivity contribution is 6.31. The molecule has 0 radical (unpaired) electrons. The highest BCUT2D eigenvalue weighted by atomic mass is 35.5. The van der Waals surface area contributed by atoms with Gasteiger partial charge in [-0.25, -0.2) is 4.39 Å². The Morgan fingerprint density at radius 2 is 1.83 bits per heavy atom. The maximum absolute atomic E-state index is 13.3. The van der Waals surface area contributed by atoms with Crippen molar-refractivity contribution in [3.8, 4) is 17.0 Å². The molecule has 0 unspecified atom stereocenters. The Bertz CT molecular complexity index is 1090. The first-order valence-electron chi connectivity index (χ1n) is 9.40. The van der Waals surface area contributed by atoms with Crippen molar-refractivity contribution in [2.24, 2.45) is 0 Å². The first kappa shape index (κ1) is 21.6. The van der Waals surface area contributed by atoms with Gasteiger partial charge in [0.2, 0.25) is 5.91 Å². The van der Waals surface area contributed by atoms with Gasteiger partial charge >= 0.3 is 0 Å². The number of carbonyl (C=O) groups is 2. The van der Waals surface area contributed by atoms with E-state index in [1.165, 1.54) is 25.1 Å². The minimum Gasteiger partial charge on any atom is -0.497 e. The normalized spacial score (nSPS) is 10.7. The largest absolute Gasteiger partial charge is 0.497 e. The molecule has 1 heterocycles. The number of amides is 1. The van der Waals surface area contributed by atoms with Crippen molar-refractivity contribution < 1.29 is 18.7 Å². The summed E-state index contributed by atoms with van der Waals surface area (Å²) in [5.74, 6) is -0.0847. The van der Waals surface area contributed by atoms with Gasteiger partial charge in [-0.3, -0.25) is 9.59 Å². The molecule has 1 aromatic heterocycles. The Labute approximate surface area is 179 Å². The van der Waals surface area contributed by atoms with Gasteiger partial charge in [0.1, 0.15) is 11.6 Å². The lowest BCUT2D eigenvalue weighted by atomic mass is 10.1. The molecule has 1 amide bonds. The zero-order chi connectivity index (χ0) is 21.8. The molecule has 0 aliphatic carbocycles. The van der Waals surface area contributed by atoms with Crippen molar-refractivity contribution in [2.45, 2.75) is 26.8 Å². The number of aromatic nitrogens is 1. The molecule has 3 aromatic rings. The highest BCUT2D eigenvalue weighted by Gasteiger charge is 2.17. The summed E-state index contributed by atoms with van der Waals surface area (Å²) in [5, 5.41) is 2.66. The van der Waals surface area contributed by atoms with Crippen LogP contribution in [0.2, 0.25) is 5.02 Å². The van der Waals surface area contributed by atoms with Crippen molar-refractivity contribution >= 4 is 29.0 Å². The minimum absolute atomic E-state index is 0.0357. The van der Waals surface area contributed by atoms with Gasteiger partial charge in [-0.05, 0) is 67.9 Å². The van der Waals surface area contributed by atoms with Gasteiger partial charge in [0.15, 0.2) is 5.78 Å². The van der Waals surface area contributed by atoms with E-state index in [0.29, 0.717) is 17.8 Å². The summed E-state index contributed by atoms with van der Waals surface area (Å²) in [5.41, 5.74) is 3.60. The summed E-state index contributed by atoms with van der Waals surface area (Å²) in [7, 11) is 1.60. The summed E-state index contributed by atoms with van der Waals surface area (Å²) >= 11 is 5.76. The highest BCUT2D eigenvalue weighted by Crippen LogP contribution is 2.28. The van der Waals surface area contributed by atoms with Gasteiger partial charge in [0.05, 0.1) is 12.1 Å². The fraction of sp³-hybridized carbons (Fsp3) is 0.217. The number of methoxy groups -OCH3 is 1. The van der Waals surface area contributed by atoms with E-state index in [4.69, 9.17) is 16.3 Å². The van der Waals surface area contributed by atoms with Gasteiger partial charge in [-0.2, -0.15) is 0 Å². The molecule has 30 heavy (non-hydrogen) atoms.